The van der Waals surface area contributed by atoms with Crippen LogP contribution < -0.4 is 0 Å². The Hall–Kier alpha value is -3.87. The molecule has 0 spiro atoms. The minimum absolute atomic E-state index is 0.0215. The van der Waals surface area contributed by atoms with Gasteiger partial charge >= 0.3 is 25.6 Å². The van der Waals surface area contributed by atoms with E-state index < -0.39 is 12.1 Å². The van der Waals surface area contributed by atoms with E-state index in [1.807, 2.05) is 18.2 Å². The maximum Gasteiger partial charge on any atom is 0.516 e. The van der Waals surface area contributed by atoms with Gasteiger partial charge in [-0.3, -0.25) is 0 Å². The average molecular weight is 402 g/mol. The molecule has 0 saturated heterocycles. The van der Waals surface area contributed by atoms with Gasteiger partial charge in [0.15, 0.2) is 0 Å². The first-order chi connectivity index (χ1) is 14.6. The number of esters is 1. The Morgan fingerprint density at radius 2 is 1.27 bits per heavy atom. The van der Waals surface area contributed by atoms with Crippen molar-refractivity contribution >= 4 is 25.6 Å². The molecule has 0 unspecified atom stereocenters. The van der Waals surface area contributed by atoms with Gasteiger partial charge in [-0.1, -0.05) is 61.4 Å². The fraction of sp³-hybridized carbons (Fsp3) is 0.0870. The van der Waals surface area contributed by atoms with Crippen LogP contribution in [-0.2, 0) is 20.7 Å². The quantitative estimate of drug-likeness (QED) is 0.345. The van der Waals surface area contributed by atoms with Gasteiger partial charge in [-0.25, -0.2) is 14.4 Å². The lowest BCUT2D eigenvalue weighted by Gasteiger charge is -2.07. The van der Waals surface area contributed by atoms with Crippen LogP contribution in [0.3, 0.4) is 0 Å². The highest BCUT2D eigenvalue weighted by Gasteiger charge is 2.14. The number of rotatable bonds is 6. The molecule has 3 rings (SSSR count). The SMILES string of the molecule is CBOC(=O)c1ccc(-c2ccc(C(=O)OC(=O)OCc3ccccc3)cc2)cc1. The molecule has 7 heteroatoms. The van der Waals surface area contributed by atoms with Crippen molar-refractivity contribution in [3.05, 3.63) is 95.6 Å². The van der Waals surface area contributed by atoms with Crippen LogP contribution in [-0.4, -0.2) is 25.6 Å². The van der Waals surface area contributed by atoms with Gasteiger partial charge in [0, 0.05) is 0 Å². The molecule has 0 aromatic heterocycles. The second kappa shape index (κ2) is 10.1. The number of ether oxygens (including phenoxy) is 2. The summed E-state index contributed by atoms with van der Waals surface area (Å²) in [6, 6.07) is 22.6. The van der Waals surface area contributed by atoms with E-state index >= 15 is 0 Å². The van der Waals surface area contributed by atoms with Crippen molar-refractivity contribution in [1.82, 2.24) is 0 Å². The number of carbonyl (C=O) groups is 3. The molecular weight excluding hydrogens is 383 g/mol. The topological polar surface area (TPSA) is 78.9 Å². The highest BCUT2D eigenvalue weighted by atomic mass is 16.7. The summed E-state index contributed by atoms with van der Waals surface area (Å²) >= 11 is 0. The molecule has 3 aromatic rings. The van der Waals surface area contributed by atoms with E-state index in [-0.39, 0.29) is 18.1 Å². The maximum absolute atomic E-state index is 12.1. The normalized spacial score (nSPS) is 10.0. The lowest BCUT2D eigenvalue weighted by Crippen LogP contribution is -2.14. The van der Waals surface area contributed by atoms with Crippen molar-refractivity contribution < 1.29 is 28.5 Å². The second-order valence-electron chi connectivity index (χ2n) is 6.29. The Morgan fingerprint density at radius 1 is 0.733 bits per heavy atom. The molecule has 0 radical (unpaired) electrons. The van der Waals surface area contributed by atoms with Gasteiger partial charge in [0.05, 0.1) is 11.1 Å². The third-order valence-corrected chi connectivity index (χ3v) is 4.23. The molecule has 0 bridgehead atoms. The van der Waals surface area contributed by atoms with E-state index in [1.165, 1.54) is 0 Å². The van der Waals surface area contributed by atoms with Crippen LogP contribution in [0.5, 0.6) is 0 Å². The van der Waals surface area contributed by atoms with E-state index in [9.17, 15) is 14.4 Å². The van der Waals surface area contributed by atoms with Gasteiger partial charge in [-0.05, 0) is 41.0 Å². The van der Waals surface area contributed by atoms with Crippen molar-refractivity contribution in [2.75, 3.05) is 0 Å². The van der Waals surface area contributed by atoms with Crippen LogP contribution >= 0.6 is 0 Å². The average Bonchev–Trinajstić information content (AvgIpc) is 2.79. The monoisotopic (exact) mass is 402 g/mol. The Labute approximate surface area is 174 Å². The molecule has 0 heterocycles. The predicted molar refractivity (Wildman–Crippen MR) is 112 cm³/mol. The second-order valence-corrected chi connectivity index (χ2v) is 6.29. The van der Waals surface area contributed by atoms with Crippen LogP contribution in [0.25, 0.3) is 11.1 Å². The predicted octanol–water partition coefficient (Wildman–Crippen LogP) is 4.40. The lowest BCUT2D eigenvalue weighted by atomic mass is 10.0. The summed E-state index contributed by atoms with van der Waals surface area (Å²) < 4.78 is 14.6. The van der Waals surface area contributed by atoms with Crippen molar-refractivity contribution in [2.45, 2.75) is 13.4 Å². The summed E-state index contributed by atoms with van der Waals surface area (Å²) in [5, 5.41) is 0. The molecule has 3 aromatic carbocycles. The summed E-state index contributed by atoms with van der Waals surface area (Å²) in [5.41, 5.74) is 3.19. The molecule has 30 heavy (non-hydrogen) atoms. The molecule has 0 aliphatic heterocycles. The molecular formula is C23H19BO6. The Morgan fingerprint density at radius 3 is 1.80 bits per heavy atom. The van der Waals surface area contributed by atoms with Crippen LogP contribution in [0.4, 0.5) is 4.79 Å². The van der Waals surface area contributed by atoms with Crippen molar-refractivity contribution in [3.8, 4) is 11.1 Å². The highest BCUT2D eigenvalue weighted by Crippen LogP contribution is 2.21. The van der Waals surface area contributed by atoms with Gasteiger partial charge in [-0.2, -0.15) is 0 Å². The summed E-state index contributed by atoms with van der Waals surface area (Å²) in [5.74, 6) is -1.17. The van der Waals surface area contributed by atoms with Crippen molar-refractivity contribution in [3.63, 3.8) is 0 Å². The summed E-state index contributed by atoms with van der Waals surface area (Å²) in [4.78, 5) is 35.6. The lowest BCUT2D eigenvalue weighted by molar-refractivity contribution is 0.0360. The maximum atomic E-state index is 12.1. The molecule has 0 saturated carbocycles. The first kappa shape index (κ1) is 20.9. The van der Waals surface area contributed by atoms with Crippen LogP contribution in [0.2, 0.25) is 6.82 Å². The smallest absolute Gasteiger partial charge is 0.516 e. The molecule has 6 nitrogen and oxygen atoms in total. The zero-order chi connectivity index (χ0) is 21.3. The van der Waals surface area contributed by atoms with Gasteiger partial charge in [0.2, 0.25) is 0 Å². The van der Waals surface area contributed by atoms with Crippen molar-refractivity contribution in [1.29, 1.82) is 0 Å². The molecule has 0 fully saturated rings. The van der Waals surface area contributed by atoms with Gasteiger partial charge in [-0.15, -0.1) is 0 Å². The van der Waals surface area contributed by atoms with Crippen LogP contribution in [0.1, 0.15) is 26.3 Å². The minimum atomic E-state index is -1.05. The summed E-state index contributed by atoms with van der Waals surface area (Å²) in [6.45, 7) is 1.77. The summed E-state index contributed by atoms with van der Waals surface area (Å²) in [7, 11) is 0.317. The fourth-order valence-electron chi connectivity index (χ4n) is 2.69. The van der Waals surface area contributed by atoms with E-state index in [2.05, 4.69) is 0 Å². The Bertz CT molecular complexity index is 1010. The molecule has 0 atom stereocenters. The largest absolute Gasteiger partial charge is 0.537 e. The fourth-order valence-corrected chi connectivity index (χ4v) is 2.69. The molecule has 0 N–H and O–H groups in total. The molecule has 150 valence electrons. The van der Waals surface area contributed by atoms with Gasteiger partial charge < -0.3 is 14.1 Å². The zero-order valence-electron chi connectivity index (χ0n) is 16.4. The zero-order valence-corrected chi connectivity index (χ0v) is 16.4. The van der Waals surface area contributed by atoms with Gasteiger partial charge in [0.1, 0.15) is 6.61 Å². The summed E-state index contributed by atoms with van der Waals surface area (Å²) in [6.07, 6.45) is -1.05. The van der Waals surface area contributed by atoms with Crippen molar-refractivity contribution in [2.24, 2.45) is 0 Å². The third-order valence-electron chi connectivity index (χ3n) is 4.23. The number of carbonyl (C=O) groups excluding carboxylic acids is 3. The number of benzene rings is 3. The highest BCUT2D eigenvalue weighted by molar-refractivity contribution is 6.29. The molecule has 0 aliphatic carbocycles. The molecule has 0 amide bonds. The first-order valence-electron chi connectivity index (χ1n) is 9.37. The molecule has 0 aliphatic rings. The number of hydrogen-bond donors (Lipinski definition) is 0. The van der Waals surface area contributed by atoms with E-state index in [0.29, 0.717) is 13.0 Å². The number of hydrogen-bond acceptors (Lipinski definition) is 6. The van der Waals surface area contributed by atoms with Crippen LogP contribution in [0.15, 0.2) is 78.9 Å². The van der Waals surface area contributed by atoms with E-state index in [0.717, 1.165) is 16.7 Å². The van der Waals surface area contributed by atoms with Gasteiger partial charge in [0.25, 0.3) is 0 Å². The first-order valence-corrected chi connectivity index (χ1v) is 9.37. The standard InChI is InChI=1S/C23H19BO6/c1-24-30-22(26)20-13-9-18(10-14-20)17-7-11-19(12-8-17)21(25)29-23(27)28-15-16-5-3-2-4-6-16/h2-14,24H,15H2,1H3. The third kappa shape index (κ3) is 5.58. The van der Waals surface area contributed by atoms with E-state index in [4.69, 9.17) is 14.1 Å². The van der Waals surface area contributed by atoms with Crippen LogP contribution in [0, 0.1) is 0 Å². The Kier molecular flexibility index (Phi) is 7.00. The minimum Gasteiger partial charge on any atom is -0.537 e. The Balaban J connectivity index is 1.57. The van der Waals surface area contributed by atoms with E-state index in [1.54, 1.807) is 67.5 Å².